The Balaban J connectivity index is 2.43. The van der Waals surface area contributed by atoms with Gasteiger partial charge in [0.2, 0.25) is 0 Å². The van der Waals surface area contributed by atoms with Crippen molar-refractivity contribution in [3.8, 4) is 0 Å². The Kier molecular flexibility index (Phi) is 7.54. The molecule has 0 aromatic carbocycles. The maximum absolute atomic E-state index is 12.9. The van der Waals surface area contributed by atoms with Crippen molar-refractivity contribution in [2.75, 3.05) is 13.2 Å². The number of amides is 1. The van der Waals surface area contributed by atoms with E-state index in [-0.39, 0.29) is 19.4 Å². The SMILES string of the molecule is C=CCOC(C)C(=O)OCC(=O)NC1CCCCC1C(F)(F)F. The molecule has 0 spiro atoms. The minimum absolute atomic E-state index is 0.000656. The summed E-state index contributed by atoms with van der Waals surface area (Å²) in [4.78, 5) is 23.2. The Hall–Kier alpha value is -1.57. The zero-order chi connectivity index (χ0) is 17.5. The van der Waals surface area contributed by atoms with Gasteiger partial charge in [0.1, 0.15) is 0 Å². The quantitative estimate of drug-likeness (QED) is 0.572. The highest BCUT2D eigenvalue weighted by atomic mass is 19.4. The van der Waals surface area contributed by atoms with Crippen molar-refractivity contribution in [1.29, 1.82) is 0 Å². The molecule has 1 rings (SSSR count). The lowest BCUT2D eigenvalue weighted by atomic mass is 9.84. The first kappa shape index (κ1) is 19.5. The van der Waals surface area contributed by atoms with Gasteiger partial charge in [0, 0.05) is 6.04 Å². The van der Waals surface area contributed by atoms with Crippen LogP contribution < -0.4 is 5.32 Å². The topological polar surface area (TPSA) is 64.6 Å². The van der Waals surface area contributed by atoms with E-state index < -0.39 is 42.7 Å². The molecule has 1 N–H and O–H groups in total. The molecular weight excluding hydrogens is 315 g/mol. The lowest BCUT2D eigenvalue weighted by Crippen LogP contribution is -2.48. The summed E-state index contributed by atoms with van der Waals surface area (Å²) in [6, 6.07) is -0.968. The molecule has 1 fully saturated rings. The third-order valence-electron chi connectivity index (χ3n) is 3.67. The van der Waals surface area contributed by atoms with Gasteiger partial charge in [-0.25, -0.2) is 4.79 Å². The van der Waals surface area contributed by atoms with Crippen molar-refractivity contribution in [2.45, 2.75) is 50.9 Å². The summed E-state index contributed by atoms with van der Waals surface area (Å²) in [6.07, 6.45) is -2.38. The van der Waals surface area contributed by atoms with Gasteiger partial charge in [-0.05, 0) is 19.8 Å². The highest BCUT2D eigenvalue weighted by Crippen LogP contribution is 2.37. The van der Waals surface area contributed by atoms with Crippen molar-refractivity contribution in [3.63, 3.8) is 0 Å². The largest absolute Gasteiger partial charge is 0.454 e. The number of carbonyl (C=O) groups excluding carboxylic acids is 2. The standard InChI is InChI=1S/C15H22F3NO4/c1-3-8-22-10(2)14(21)23-9-13(20)19-12-7-5-4-6-11(12)15(16,17)18/h3,10-12H,1,4-9H2,2H3,(H,19,20). The fourth-order valence-electron chi connectivity index (χ4n) is 2.48. The Labute approximate surface area is 133 Å². The van der Waals surface area contributed by atoms with E-state index in [0.29, 0.717) is 12.8 Å². The molecule has 132 valence electrons. The van der Waals surface area contributed by atoms with E-state index in [4.69, 9.17) is 9.47 Å². The van der Waals surface area contributed by atoms with E-state index >= 15 is 0 Å². The average Bonchev–Trinajstić information content (AvgIpc) is 2.49. The van der Waals surface area contributed by atoms with E-state index in [0.717, 1.165) is 0 Å². The van der Waals surface area contributed by atoms with E-state index in [1.807, 2.05) is 0 Å². The van der Waals surface area contributed by atoms with Gasteiger partial charge in [-0.15, -0.1) is 6.58 Å². The molecule has 1 saturated carbocycles. The van der Waals surface area contributed by atoms with Crippen LogP contribution in [0, 0.1) is 5.92 Å². The molecule has 0 aromatic rings. The molecule has 3 atom stereocenters. The summed E-state index contributed by atoms with van der Waals surface area (Å²) in [5.74, 6) is -3.04. The molecule has 0 aliphatic heterocycles. The second-order valence-electron chi connectivity index (χ2n) is 5.48. The van der Waals surface area contributed by atoms with Crippen molar-refractivity contribution < 1.29 is 32.2 Å². The summed E-state index contributed by atoms with van der Waals surface area (Å²) in [5.41, 5.74) is 0. The predicted molar refractivity (Wildman–Crippen MR) is 76.5 cm³/mol. The van der Waals surface area contributed by atoms with Crippen molar-refractivity contribution in [3.05, 3.63) is 12.7 Å². The smallest absolute Gasteiger partial charge is 0.393 e. The molecule has 1 aliphatic rings. The Morgan fingerprint density at radius 3 is 2.61 bits per heavy atom. The number of hydrogen-bond donors (Lipinski definition) is 1. The first-order valence-corrected chi connectivity index (χ1v) is 7.51. The minimum Gasteiger partial charge on any atom is -0.454 e. The highest BCUT2D eigenvalue weighted by Gasteiger charge is 2.45. The van der Waals surface area contributed by atoms with Crippen molar-refractivity contribution in [1.82, 2.24) is 5.32 Å². The Morgan fingerprint density at radius 2 is 2.00 bits per heavy atom. The maximum atomic E-state index is 12.9. The third-order valence-corrected chi connectivity index (χ3v) is 3.67. The number of alkyl halides is 3. The molecule has 1 aliphatic carbocycles. The second-order valence-corrected chi connectivity index (χ2v) is 5.48. The summed E-state index contributed by atoms with van der Waals surface area (Å²) < 4.78 is 48.5. The first-order chi connectivity index (χ1) is 10.8. The van der Waals surface area contributed by atoms with Gasteiger partial charge < -0.3 is 14.8 Å². The number of halogens is 3. The van der Waals surface area contributed by atoms with Gasteiger partial charge in [0.05, 0.1) is 12.5 Å². The van der Waals surface area contributed by atoms with Gasteiger partial charge in [0.25, 0.3) is 5.91 Å². The number of carbonyl (C=O) groups is 2. The molecular formula is C15H22F3NO4. The number of ether oxygens (including phenoxy) is 2. The fourth-order valence-corrected chi connectivity index (χ4v) is 2.48. The number of esters is 1. The molecule has 3 unspecified atom stereocenters. The van der Waals surface area contributed by atoms with Crippen LogP contribution in [0.1, 0.15) is 32.6 Å². The van der Waals surface area contributed by atoms with Crippen LogP contribution in [-0.2, 0) is 19.1 Å². The molecule has 8 heteroatoms. The molecule has 0 aromatic heterocycles. The van der Waals surface area contributed by atoms with Gasteiger partial charge in [0.15, 0.2) is 12.7 Å². The monoisotopic (exact) mass is 337 g/mol. The zero-order valence-corrected chi connectivity index (χ0v) is 13.0. The number of hydrogen-bond acceptors (Lipinski definition) is 4. The summed E-state index contributed by atoms with van der Waals surface area (Å²) in [6.45, 7) is 4.40. The van der Waals surface area contributed by atoms with Crippen LogP contribution in [0.5, 0.6) is 0 Å². The molecule has 0 heterocycles. The normalized spacial score (nSPS) is 23.0. The van der Waals surface area contributed by atoms with Crippen LogP contribution in [0.3, 0.4) is 0 Å². The molecule has 0 saturated heterocycles. The van der Waals surface area contributed by atoms with Crippen molar-refractivity contribution in [2.24, 2.45) is 5.92 Å². The third kappa shape index (κ3) is 6.60. The Bertz CT molecular complexity index is 425. The molecule has 1 amide bonds. The summed E-state index contributed by atoms with van der Waals surface area (Å²) >= 11 is 0. The van der Waals surface area contributed by atoms with E-state index in [1.54, 1.807) is 0 Å². The minimum atomic E-state index is -4.35. The van der Waals surface area contributed by atoms with Gasteiger partial charge >= 0.3 is 12.1 Å². The zero-order valence-electron chi connectivity index (χ0n) is 13.0. The van der Waals surface area contributed by atoms with Crippen molar-refractivity contribution >= 4 is 11.9 Å². The molecule has 5 nitrogen and oxygen atoms in total. The molecule has 0 radical (unpaired) electrons. The predicted octanol–water partition coefficient (Wildman–Crippen LogP) is 2.36. The van der Waals surface area contributed by atoms with Crippen LogP contribution in [0.2, 0.25) is 0 Å². The second kappa shape index (κ2) is 8.90. The number of nitrogens with one attached hydrogen (secondary N) is 1. The van der Waals surface area contributed by atoms with Crippen LogP contribution in [0.15, 0.2) is 12.7 Å². The summed E-state index contributed by atoms with van der Waals surface area (Å²) in [7, 11) is 0. The Morgan fingerprint density at radius 1 is 1.35 bits per heavy atom. The van der Waals surface area contributed by atoms with E-state index in [2.05, 4.69) is 11.9 Å². The lowest BCUT2D eigenvalue weighted by molar-refractivity contribution is -0.189. The molecule has 23 heavy (non-hydrogen) atoms. The van der Waals surface area contributed by atoms with E-state index in [1.165, 1.54) is 13.0 Å². The van der Waals surface area contributed by atoms with Crippen LogP contribution in [0.25, 0.3) is 0 Å². The fraction of sp³-hybridized carbons (Fsp3) is 0.733. The molecule has 0 bridgehead atoms. The van der Waals surface area contributed by atoms with Gasteiger partial charge in [-0.2, -0.15) is 13.2 Å². The summed E-state index contributed by atoms with van der Waals surface area (Å²) in [5, 5.41) is 2.32. The number of rotatable bonds is 7. The maximum Gasteiger partial charge on any atom is 0.393 e. The highest BCUT2D eigenvalue weighted by molar-refractivity contribution is 5.82. The van der Waals surface area contributed by atoms with Crippen LogP contribution >= 0.6 is 0 Å². The van der Waals surface area contributed by atoms with E-state index in [9.17, 15) is 22.8 Å². The van der Waals surface area contributed by atoms with Gasteiger partial charge in [-0.3, -0.25) is 4.79 Å². The van der Waals surface area contributed by atoms with Gasteiger partial charge in [-0.1, -0.05) is 18.9 Å². The average molecular weight is 337 g/mol. The first-order valence-electron chi connectivity index (χ1n) is 7.51. The lowest BCUT2D eigenvalue weighted by Gasteiger charge is -2.33. The van der Waals surface area contributed by atoms with Crippen LogP contribution in [0.4, 0.5) is 13.2 Å². The van der Waals surface area contributed by atoms with Crippen LogP contribution in [-0.4, -0.2) is 43.4 Å².